The molecule has 1 N–H and O–H groups in total. The maximum atomic E-state index is 12.5. The van der Waals surface area contributed by atoms with Gasteiger partial charge in [-0.15, -0.1) is 0 Å². The quantitative estimate of drug-likeness (QED) is 0.422. The first-order valence-corrected chi connectivity index (χ1v) is 8.27. The van der Waals surface area contributed by atoms with Gasteiger partial charge in [0.1, 0.15) is 11.6 Å². The van der Waals surface area contributed by atoms with Gasteiger partial charge in [-0.05, 0) is 24.1 Å². The largest absolute Gasteiger partial charge is 0.345 e. The number of halogens is 2. The highest BCUT2D eigenvalue weighted by molar-refractivity contribution is 6.37. The predicted molar refractivity (Wildman–Crippen MR) is 97.2 cm³/mol. The Hall–Kier alpha value is -2.19. The summed E-state index contributed by atoms with van der Waals surface area (Å²) in [6.07, 6.45) is 0. The number of carbonyl (C=O) groups excluding carboxylic acids is 1. The highest BCUT2D eigenvalue weighted by atomic mass is 35.5. The molecule has 7 nitrogen and oxygen atoms in total. The average molecular weight is 399 g/mol. The van der Waals surface area contributed by atoms with Gasteiger partial charge in [-0.3, -0.25) is 14.9 Å². The molecule has 138 valence electrons. The van der Waals surface area contributed by atoms with Crippen LogP contribution in [-0.4, -0.2) is 17.9 Å². The summed E-state index contributed by atoms with van der Waals surface area (Å²) >= 11 is 11.8. The third-order valence-electron chi connectivity index (χ3n) is 3.63. The van der Waals surface area contributed by atoms with Crippen molar-refractivity contribution >= 4 is 34.8 Å². The first-order valence-electron chi connectivity index (χ1n) is 7.52. The fourth-order valence-electron chi connectivity index (χ4n) is 2.26. The van der Waals surface area contributed by atoms with Gasteiger partial charge in [-0.1, -0.05) is 47.5 Å². The molecule has 0 radical (unpaired) electrons. The first kappa shape index (κ1) is 20.1. The lowest BCUT2D eigenvalue weighted by molar-refractivity contribution is -0.384. The molecule has 1 atom stereocenters. The number of hydrogen-bond donors (Lipinski definition) is 1. The fraction of sp³-hybridized carbons (Fsp3) is 0.235. The van der Waals surface area contributed by atoms with Crippen molar-refractivity contribution in [2.45, 2.75) is 19.6 Å². The molecule has 0 aliphatic heterocycles. The van der Waals surface area contributed by atoms with Crippen LogP contribution in [0.1, 0.15) is 34.5 Å². The third-order valence-corrected chi connectivity index (χ3v) is 4.25. The molecule has 2 aromatic rings. The number of nitro benzene ring substituents is 1. The minimum Gasteiger partial charge on any atom is -0.345 e. The van der Waals surface area contributed by atoms with E-state index in [1.807, 2.05) is 24.3 Å². The van der Waals surface area contributed by atoms with E-state index in [-0.39, 0.29) is 21.7 Å². The van der Waals surface area contributed by atoms with Gasteiger partial charge in [0.2, 0.25) is 0 Å². The number of amides is 1. The van der Waals surface area contributed by atoms with Crippen LogP contribution in [0.25, 0.3) is 0 Å². The summed E-state index contributed by atoms with van der Waals surface area (Å²) in [6, 6.07) is 9.40. The maximum absolute atomic E-state index is 12.5. The predicted octanol–water partition coefficient (Wildman–Crippen LogP) is 4.47. The molecule has 0 bridgehead atoms. The molecule has 2 rings (SSSR count). The normalized spacial score (nSPS) is 11.8. The van der Waals surface area contributed by atoms with Gasteiger partial charge in [0.25, 0.3) is 11.6 Å². The zero-order valence-corrected chi connectivity index (χ0v) is 15.5. The van der Waals surface area contributed by atoms with E-state index in [0.717, 1.165) is 17.2 Å². The van der Waals surface area contributed by atoms with Crippen LogP contribution in [0.4, 0.5) is 5.69 Å². The lowest BCUT2D eigenvalue weighted by atomic mass is 10.1. The molecule has 1 amide bonds. The summed E-state index contributed by atoms with van der Waals surface area (Å²) in [7, 11) is 1.43. The van der Waals surface area contributed by atoms with Crippen LogP contribution in [0.15, 0.2) is 36.4 Å². The Morgan fingerprint density at radius 2 is 1.92 bits per heavy atom. The Labute approximate surface area is 159 Å². The second-order valence-corrected chi connectivity index (χ2v) is 6.22. The standard InChI is InChI=1S/C17H16Cl2N2O5/c1-10(12-5-3-11(4-6-12)9-26-25-2)20-17(22)14-7-13(18)8-15(16(14)19)21(23)24/h3-8,10H,9H2,1-2H3,(H,20,22). The molecule has 0 heterocycles. The number of benzene rings is 2. The van der Waals surface area contributed by atoms with Gasteiger partial charge in [-0.2, -0.15) is 0 Å². The van der Waals surface area contributed by atoms with Crippen molar-refractivity contribution < 1.29 is 19.5 Å². The highest BCUT2D eigenvalue weighted by Crippen LogP contribution is 2.32. The summed E-state index contributed by atoms with van der Waals surface area (Å²) in [5, 5.41) is 13.6. The molecule has 0 saturated heterocycles. The lowest BCUT2D eigenvalue weighted by Gasteiger charge is -2.15. The third kappa shape index (κ3) is 4.92. The molecule has 9 heteroatoms. The Morgan fingerprint density at radius 1 is 1.27 bits per heavy atom. The van der Waals surface area contributed by atoms with Crippen molar-refractivity contribution in [3.8, 4) is 0 Å². The van der Waals surface area contributed by atoms with E-state index in [2.05, 4.69) is 10.2 Å². The van der Waals surface area contributed by atoms with Crippen molar-refractivity contribution in [3.05, 3.63) is 73.2 Å². The average Bonchev–Trinajstić information content (AvgIpc) is 2.61. The molecule has 1 unspecified atom stereocenters. The summed E-state index contributed by atoms with van der Waals surface area (Å²) in [4.78, 5) is 32.2. The van der Waals surface area contributed by atoms with Crippen molar-refractivity contribution in [1.82, 2.24) is 5.32 Å². The second kappa shape index (κ2) is 8.95. The van der Waals surface area contributed by atoms with Crippen LogP contribution in [0.5, 0.6) is 0 Å². The van der Waals surface area contributed by atoms with Crippen molar-refractivity contribution in [1.29, 1.82) is 0 Å². The van der Waals surface area contributed by atoms with E-state index in [9.17, 15) is 14.9 Å². The molecular formula is C17H16Cl2N2O5. The molecule has 0 spiro atoms. The van der Waals surface area contributed by atoms with E-state index >= 15 is 0 Å². The molecule has 0 aliphatic carbocycles. The van der Waals surface area contributed by atoms with Crippen LogP contribution >= 0.6 is 23.2 Å². The van der Waals surface area contributed by atoms with Crippen molar-refractivity contribution in [3.63, 3.8) is 0 Å². The van der Waals surface area contributed by atoms with Gasteiger partial charge in [0, 0.05) is 11.1 Å². The topological polar surface area (TPSA) is 90.7 Å². The van der Waals surface area contributed by atoms with Gasteiger partial charge in [0.15, 0.2) is 0 Å². The molecule has 0 aliphatic rings. The molecule has 0 fully saturated rings. The van der Waals surface area contributed by atoms with E-state index in [1.165, 1.54) is 13.2 Å². The Kier molecular flexibility index (Phi) is 6.93. The number of carbonyl (C=O) groups is 1. The van der Waals surface area contributed by atoms with Gasteiger partial charge >= 0.3 is 0 Å². The molecule has 0 aromatic heterocycles. The summed E-state index contributed by atoms with van der Waals surface area (Å²) in [5.74, 6) is -0.556. The molecule has 0 saturated carbocycles. The van der Waals surface area contributed by atoms with Gasteiger partial charge in [0.05, 0.1) is 23.6 Å². The van der Waals surface area contributed by atoms with Crippen LogP contribution in [0.2, 0.25) is 10.0 Å². The Morgan fingerprint density at radius 3 is 2.50 bits per heavy atom. The summed E-state index contributed by atoms with van der Waals surface area (Å²) < 4.78 is 0. The van der Waals surface area contributed by atoms with Crippen molar-refractivity contribution in [2.75, 3.05) is 7.11 Å². The lowest BCUT2D eigenvalue weighted by Crippen LogP contribution is -2.27. The van der Waals surface area contributed by atoms with Crippen molar-refractivity contribution in [2.24, 2.45) is 0 Å². The SMILES string of the molecule is COOCc1ccc(C(C)NC(=O)c2cc(Cl)cc([N+](=O)[O-])c2Cl)cc1. The number of nitro groups is 1. The zero-order valence-electron chi connectivity index (χ0n) is 14.0. The van der Waals surface area contributed by atoms with Crippen LogP contribution in [0, 0.1) is 10.1 Å². The molecule has 26 heavy (non-hydrogen) atoms. The second-order valence-electron chi connectivity index (χ2n) is 5.41. The minimum atomic E-state index is -0.685. The monoisotopic (exact) mass is 398 g/mol. The van der Waals surface area contributed by atoms with Crippen LogP contribution < -0.4 is 5.32 Å². The number of nitrogens with one attached hydrogen (secondary N) is 1. The Balaban J connectivity index is 2.15. The minimum absolute atomic E-state index is 0.0529. The summed E-state index contributed by atoms with van der Waals surface area (Å²) in [5.41, 5.74) is 1.28. The fourth-order valence-corrected chi connectivity index (χ4v) is 2.74. The van der Waals surface area contributed by atoms with Crippen LogP contribution in [-0.2, 0) is 16.4 Å². The van der Waals surface area contributed by atoms with E-state index in [4.69, 9.17) is 28.1 Å². The molecule has 2 aromatic carbocycles. The van der Waals surface area contributed by atoms with E-state index in [0.29, 0.717) is 6.61 Å². The zero-order chi connectivity index (χ0) is 19.3. The first-order chi connectivity index (χ1) is 12.3. The summed E-state index contributed by atoms with van der Waals surface area (Å²) in [6.45, 7) is 2.09. The number of nitrogens with zero attached hydrogens (tertiary/aromatic N) is 1. The number of rotatable bonds is 7. The van der Waals surface area contributed by atoms with Gasteiger partial charge < -0.3 is 5.32 Å². The smallest absolute Gasteiger partial charge is 0.290 e. The Bertz CT molecular complexity index is 812. The van der Waals surface area contributed by atoms with Gasteiger partial charge in [-0.25, -0.2) is 9.78 Å². The van der Waals surface area contributed by atoms with E-state index < -0.39 is 16.5 Å². The van der Waals surface area contributed by atoms with E-state index in [1.54, 1.807) is 6.92 Å². The highest BCUT2D eigenvalue weighted by Gasteiger charge is 2.23. The van der Waals surface area contributed by atoms with Crippen LogP contribution in [0.3, 0.4) is 0 Å². The molecular weight excluding hydrogens is 383 g/mol. The maximum Gasteiger partial charge on any atom is 0.290 e. The number of hydrogen-bond acceptors (Lipinski definition) is 5.